The predicted octanol–water partition coefficient (Wildman–Crippen LogP) is 3.68. The summed E-state index contributed by atoms with van der Waals surface area (Å²) in [6, 6.07) is 0.682. The zero-order valence-corrected chi connectivity index (χ0v) is 11.7. The molecule has 1 heterocycles. The van der Waals surface area contributed by atoms with Gasteiger partial charge in [0.1, 0.15) is 0 Å². The first-order valence-corrected chi connectivity index (χ1v) is 8.43. The topological polar surface area (TPSA) is 37.8 Å². The van der Waals surface area contributed by atoms with Crippen LogP contribution >= 0.6 is 23.3 Å². The maximum Gasteiger partial charge on any atom is 0.202 e. The molecule has 1 N–H and O–H groups in total. The number of aromatic nitrogens is 2. The van der Waals surface area contributed by atoms with Gasteiger partial charge in [0.05, 0.1) is 5.75 Å². The van der Waals surface area contributed by atoms with Gasteiger partial charge in [0.15, 0.2) is 5.82 Å². The number of rotatable bonds is 5. The van der Waals surface area contributed by atoms with E-state index in [4.69, 9.17) is 0 Å². The maximum atomic E-state index is 4.55. The summed E-state index contributed by atoms with van der Waals surface area (Å²) >= 11 is 3.57. The Bertz CT molecular complexity index is 356. The second-order valence-electron chi connectivity index (χ2n) is 5.01. The average Bonchev–Trinajstić information content (AvgIpc) is 3.06. The van der Waals surface area contributed by atoms with Crippen LogP contribution < -0.4 is 5.32 Å². The lowest BCUT2D eigenvalue weighted by molar-refractivity contribution is 0.516. The minimum atomic E-state index is 0.682. The molecule has 0 aromatic carbocycles. The number of anilines is 1. The second-order valence-corrected chi connectivity index (χ2v) is 7.05. The van der Waals surface area contributed by atoms with E-state index in [1.807, 2.05) is 0 Å². The van der Waals surface area contributed by atoms with Crippen molar-refractivity contribution < 1.29 is 0 Å². The summed E-state index contributed by atoms with van der Waals surface area (Å²) in [4.78, 5) is 4.55. The fourth-order valence-corrected chi connectivity index (χ4v) is 4.12. The standard InChI is InChI=1S/C12H19N3S2/c1-2-4-10(5-3-1)16-8-11-14-12(17-15-11)13-9-6-7-9/h9-10H,1-8H2,(H,13,14,15). The van der Waals surface area contributed by atoms with Gasteiger partial charge < -0.3 is 5.32 Å². The highest BCUT2D eigenvalue weighted by Crippen LogP contribution is 2.31. The van der Waals surface area contributed by atoms with Crippen LogP contribution in [0.5, 0.6) is 0 Å². The Balaban J connectivity index is 1.45. The minimum absolute atomic E-state index is 0.682. The van der Waals surface area contributed by atoms with Crippen molar-refractivity contribution in [1.29, 1.82) is 0 Å². The van der Waals surface area contributed by atoms with Crippen LogP contribution in [0.1, 0.15) is 50.8 Å². The molecular weight excluding hydrogens is 250 g/mol. The van der Waals surface area contributed by atoms with Crippen molar-refractivity contribution in [2.24, 2.45) is 0 Å². The molecule has 1 aromatic rings. The summed E-state index contributed by atoms with van der Waals surface area (Å²) in [5.74, 6) is 2.02. The van der Waals surface area contributed by atoms with Crippen molar-refractivity contribution in [3.63, 3.8) is 0 Å². The predicted molar refractivity (Wildman–Crippen MR) is 74.7 cm³/mol. The Morgan fingerprint density at radius 3 is 2.76 bits per heavy atom. The van der Waals surface area contributed by atoms with Crippen LogP contribution in [0.2, 0.25) is 0 Å². The quantitative estimate of drug-likeness (QED) is 0.885. The highest BCUT2D eigenvalue weighted by atomic mass is 32.2. The highest BCUT2D eigenvalue weighted by Gasteiger charge is 2.22. The van der Waals surface area contributed by atoms with E-state index in [0.29, 0.717) is 6.04 Å². The number of hydrogen-bond donors (Lipinski definition) is 1. The number of nitrogens with zero attached hydrogens (tertiary/aromatic N) is 2. The van der Waals surface area contributed by atoms with Gasteiger partial charge in [-0.15, -0.1) is 0 Å². The van der Waals surface area contributed by atoms with Crippen LogP contribution in [0.15, 0.2) is 0 Å². The van der Waals surface area contributed by atoms with E-state index in [0.717, 1.165) is 22.0 Å². The van der Waals surface area contributed by atoms with Crippen molar-refractivity contribution in [2.45, 2.75) is 62.0 Å². The zero-order chi connectivity index (χ0) is 11.5. The lowest BCUT2D eigenvalue weighted by Crippen LogP contribution is -2.08. The van der Waals surface area contributed by atoms with Gasteiger partial charge in [0, 0.05) is 22.8 Å². The van der Waals surface area contributed by atoms with Gasteiger partial charge in [-0.3, -0.25) is 0 Å². The van der Waals surface area contributed by atoms with Crippen LogP contribution in [-0.2, 0) is 5.75 Å². The third-order valence-electron chi connectivity index (χ3n) is 3.37. The Labute approximate surface area is 111 Å². The molecule has 0 aliphatic heterocycles. The summed E-state index contributed by atoms with van der Waals surface area (Å²) in [6.45, 7) is 0. The van der Waals surface area contributed by atoms with Gasteiger partial charge in [0.2, 0.25) is 5.13 Å². The van der Waals surface area contributed by atoms with E-state index in [1.165, 1.54) is 56.5 Å². The molecule has 0 bridgehead atoms. The summed E-state index contributed by atoms with van der Waals surface area (Å²) < 4.78 is 4.43. The molecule has 17 heavy (non-hydrogen) atoms. The first kappa shape index (κ1) is 11.8. The summed E-state index contributed by atoms with van der Waals surface area (Å²) in [5.41, 5.74) is 0. The molecule has 5 heteroatoms. The zero-order valence-electron chi connectivity index (χ0n) is 10.0. The van der Waals surface area contributed by atoms with Crippen LogP contribution in [0.3, 0.4) is 0 Å². The summed E-state index contributed by atoms with van der Waals surface area (Å²) in [7, 11) is 0. The molecule has 0 amide bonds. The van der Waals surface area contributed by atoms with E-state index in [9.17, 15) is 0 Å². The highest BCUT2D eigenvalue weighted by molar-refractivity contribution is 7.99. The van der Waals surface area contributed by atoms with Crippen molar-refractivity contribution in [1.82, 2.24) is 9.36 Å². The Hall–Kier alpha value is -0.290. The van der Waals surface area contributed by atoms with Gasteiger partial charge >= 0.3 is 0 Å². The molecule has 94 valence electrons. The number of thioether (sulfide) groups is 1. The molecule has 2 saturated carbocycles. The van der Waals surface area contributed by atoms with Crippen molar-refractivity contribution in [2.75, 3.05) is 5.32 Å². The molecule has 2 aliphatic carbocycles. The van der Waals surface area contributed by atoms with Gasteiger partial charge in [-0.05, 0) is 25.7 Å². The molecule has 0 saturated heterocycles. The Morgan fingerprint density at radius 1 is 1.18 bits per heavy atom. The normalized spacial score (nSPS) is 21.6. The summed E-state index contributed by atoms with van der Waals surface area (Å²) in [6.07, 6.45) is 9.64. The van der Waals surface area contributed by atoms with Crippen LogP contribution in [0, 0.1) is 0 Å². The van der Waals surface area contributed by atoms with E-state index in [-0.39, 0.29) is 0 Å². The third kappa shape index (κ3) is 3.58. The molecule has 2 aliphatic rings. The molecule has 2 fully saturated rings. The lowest BCUT2D eigenvalue weighted by Gasteiger charge is -2.20. The molecule has 3 rings (SSSR count). The first-order chi connectivity index (χ1) is 8.40. The van der Waals surface area contributed by atoms with Gasteiger partial charge in [-0.25, -0.2) is 4.98 Å². The Morgan fingerprint density at radius 2 is 2.00 bits per heavy atom. The molecule has 1 aromatic heterocycles. The number of nitrogens with one attached hydrogen (secondary N) is 1. The maximum absolute atomic E-state index is 4.55. The Kier molecular flexibility index (Phi) is 3.86. The minimum Gasteiger partial charge on any atom is -0.358 e. The molecule has 0 atom stereocenters. The van der Waals surface area contributed by atoms with E-state index < -0.39 is 0 Å². The smallest absolute Gasteiger partial charge is 0.202 e. The van der Waals surface area contributed by atoms with Gasteiger partial charge in [-0.1, -0.05) is 19.3 Å². The van der Waals surface area contributed by atoms with Crippen molar-refractivity contribution >= 4 is 28.4 Å². The van der Waals surface area contributed by atoms with Crippen molar-refractivity contribution in [3.05, 3.63) is 5.82 Å². The fraction of sp³-hybridized carbons (Fsp3) is 0.833. The van der Waals surface area contributed by atoms with Crippen LogP contribution in [0.25, 0.3) is 0 Å². The van der Waals surface area contributed by atoms with E-state index >= 15 is 0 Å². The SMILES string of the molecule is C1CCC(SCc2nsc(NC3CC3)n2)CC1. The third-order valence-corrected chi connectivity index (χ3v) is 5.43. The fourth-order valence-electron chi connectivity index (χ4n) is 2.20. The molecule has 3 nitrogen and oxygen atoms in total. The molecule has 0 unspecified atom stereocenters. The molecule has 0 spiro atoms. The lowest BCUT2D eigenvalue weighted by atomic mass is 10.0. The van der Waals surface area contributed by atoms with Crippen LogP contribution in [0.4, 0.5) is 5.13 Å². The average molecular weight is 269 g/mol. The first-order valence-electron chi connectivity index (χ1n) is 6.61. The van der Waals surface area contributed by atoms with Crippen LogP contribution in [-0.4, -0.2) is 20.6 Å². The summed E-state index contributed by atoms with van der Waals surface area (Å²) in [5, 5.41) is 5.28. The molecular formula is C12H19N3S2. The van der Waals surface area contributed by atoms with E-state index in [2.05, 4.69) is 26.4 Å². The van der Waals surface area contributed by atoms with Gasteiger partial charge in [-0.2, -0.15) is 16.1 Å². The molecule has 0 radical (unpaired) electrons. The monoisotopic (exact) mass is 269 g/mol. The second kappa shape index (κ2) is 5.57. The van der Waals surface area contributed by atoms with Gasteiger partial charge in [0.25, 0.3) is 0 Å². The largest absolute Gasteiger partial charge is 0.358 e. The van der Waals surface area contributed by atoms with Crippen molar-refractivity contribution in [3.8, 4) is 0 Å². The van der Waals surface area contributed by atoms with E-state index in [1.54, 1.807) is 0 Å². The number of hydrogen-bond acceptors (Lipinski definition) is 5.